The van der Waals surface area contributed by atoms with Crippen LogP contribution < -0.4 is 0 Å². The lowest BCUT2D eigenvalue weighted by molar-refractivity contribution is 0.0976. The van der Waals surface area contributed by atoms with Gasteiger partial charge in [-0.3, -0.25) is 9.59 Å². The first kappa shape index (κ1) is 15.8. The highest BCUT2D eigenvalue weighted by molar-refractivity contribution is 7.10. The maximum absolute atomic E-state index is 12.5. The lowest BCUT2D eigenvalue weighted by atomic mass is 9.97. The molecule has 118 valence electrons. The Morgan fingerprint density at radius 3 is 2.42 bits per heavy atom. The van der Waals surface area contributed by atoms with Crippen molar-refractivity contribution in [3.8, 4) is 6.07 Å². The van der Waals surface area contributed by atoms with Crippen molar-refractivity contribution in [3.63, 3.8) is 0 Å². The molecule has 1 aromatic carbocycles. The number of thiazole rings is 1. The molecule has 0 unspecified atom stereocenters. The van der Waals surface area contributed by atoms with Gasteiger partial charge in [-0.2, -0.15) is 5.26 Å². The Morgan fingerprint density at radius 1 is 1.17 bits per heavy atom. The van der Waals surface area contributed by atoms with Crippen LogP contribution in [0.3, 0.4) is 0 Å². The number of carbonyl (C=O) groups excluding carboxylic acids is 2. The van der Waals surface area contributed by atoms with Crippen molar-refractivity contribution in [1.82, 2.24) is 9.97 Å². The molecule has 0 radical (unpaired) electrons. The van der Waals surface area contributed by atoms with Crippen LogP contribution in [0.25, 0.3) is 0 Å². The van der Waals surface area contributed by atoms with E-state index < -0.39 is 5.92 Å². The molecule has 0 fully saturated rings. The molecule has 3 rings (SSSR count). The Labute approximate surface area is 142 Å². The molecular weight excluding hydrogens is 322 g/mol. The molecule has 2 heterocycles. The largest absolute Gasteiger partial charge is 0.367 e. The molecule has 0 aliphatic carbocycles. The summed E-state index contributed by atoms with van der Waals surface area (Å²) in [6, 6.07) is 10.1. The van der Waals surface area contributed by atoms with Gasteiger partial charge in [-0.05, 0) is 13.0 Å². The van der Waals surface area contributed by atoms with Crippen molar-refractivity contribution in [2.24, 2.45) is 0 Å². The van der Waals surface area contributed by atoms with E-state index in [4.69, 9.17) is 0 Å². The monoisotopic (exact) mass is 335 g/mol. The second-order valence-corrected chi connectivity index (χ2v) is 6.15. The fourth-order valence-electron chi connectivity index (χ4n) is 2.32. The Balaban J connectivity index is 1.83. The smallest absolute Gasteiger partial charge is 0.194 e. The highest BCUT2D eigenvalue weighted by atomic mass is 32.1. The van der Waals surface area contributed by atoms with Crippen molar-refractivity contribution in [2.45, 2.75) is 12.8 Å². The van der Waals surface area contributed by atoms with E-state index in [0.717, 1.165) is 5.69 Å². The highest BCUT2D eigenvalue weighted by Crippen LogP contribution is 2.24. The minimum atomic E-state index is -0.921. The summed E-state index contributed by atoms with van der Waals surface area (Å²) < 4.78 is 0. The number of nitriles is 1. The molecule has 1 atom stereocenters. The van der Waals surface area contributed by atoms with Gasteiger partial charge in [0.15, 0.2) is 17.5 Å². The molecule has 0 saturated carbocycles. The molecule has 6 heteroatoms. The minimum Gasteiger partial charge on any atom is -0.367 e. The number of benzene rings is 1. The number of H-pyrrole nitrogens is 1. The van der Waals surface area contributed by atoms with Crippen LogP contribution in [0.5, 0.6) is 0 Å². The molecular formula is C18H13N3O2S. The highest BCUT2D eigenvalue weighted by Gasteiger charge is 2.24. The van der Waals surface area contributed by atoms with E-state index in [0.29, 0.717) is 21.7 Å². The third-order valence-corrected chi connectivity index (χ3v) is 4.59. The van der Waals surface area contributed by atoms with E-state index >= 15 is 0 Å². The van der Waals surface area contributed by atoms with Crippen LogP contribution in [0.1, 0.15) is 42.9 Å². The second-order valence-electron chi connectivity index (χ2n) is 5.26. The predicted molar refractivity (Wildman–Crippen MR) is 90.2 cm³/mol. The first-order valence-electron chi connectivity index (χ1n) is 7.23. The molecule has 2 aromatic heterocycles. The Hall–Kier alpha value is -3.04. The van der Waals surface area contributed by atoms with Crippen molar-refractivity contribution < 1.29 is 9.59 Å². The summed E-state index contributed by atoms with van der Waals surface area (Å²) in [7, 11) is 0. The third-order valence-electron chi connectivity index (χ3n) is 3.57. The van der Waals surface area contributed by atoms with Crippen molar-refractivity contribution in [2.75, 3.05) is 0 Å². The second kappa shape index (κ2) is 6.60. The summed E-state index contributed by atoms with van der Waals surface area (Å²) >= 11 is 1.30. The summed E-state index contributed by atoms with van der Waals surface area (Å²) in [4.78, 5) is 31.8. The lowest BCUT2D eigenvalue weighted by Gasteiger charge is -2.06. The molecule has 3 aromatic rings. The maximum Gasteiger partial charge on any atom is 0.194 e. The average Bonchev–Trinajstić information content (AvgIpc) is 3.27. The van der Waals surface area contributed by atoms with Gasteiger partial charge in [-0.25, -0.2) is 4.98 Å². The number of aromatic nitrogens is 2. The van der Waals surface area contributed by atoms with Gasteiger partial charge in [-0.15, -0.1) is 11.3 Å². The molecule has 0 spiro atoms. The van der Waals surface area contributed by atoms with Crippen LogP contribution in [0.15, 0.2) is 48.1 Å². The Bertz CT molecular complexity index is 918. The summed E-state index contributed by atoms with van der Waals surface area (Å²) in [6.45, 7) is 1.82. The molecule has 0 amide bonds. The number of hydrogen-bond acceptors (Lipinski definition) is 5. The molecule has 1 N–H and O–H groups in total. The standard InChI is InChI=1S/C18H13N3O2S/c1-11-10-24-18(21-11)15(8-19)17(23)13-4-2-12(3-5-13)16(22)14-6-7-20-9-14/h2-7,9-10,15,20H,1H3/t15-/m0/s1. The summed E-state index contributed by atoms with van der Waals surface area (Å²) in [5.41, 5.74) is 2.22. The van der Waals surface area contributed by atoms with Gasteiger partial charge in [0, 0.05) is 40.2 Å². The van der Waals surface area contributed by atoms with E-state index in [9.17, 15) is 14.9 Å². The van der Waals surface area contributed by atoms with Crippen LogP contribution in [-0.2, 0) is 0 Å². The fourth-order valence-corrected chi connectivity index (χ4v) is 3.15. The zero-order valence-corrected chi connectivity index (χ0v) is 13.6. The molecule has 0 bridgehead atoms. The minimum absolute atomic E-state index is 0.123. The number of nitrogens with zero attached hydrogens (tertiary/aromatic N) is 2. The van der Waals surface area contributed by atoms with E-state index in [1.807, 2.05) is 18.4 Å². The zero-order valence-electron chi connectivity index (χ0n) is 12.8. The quantitative estimate of drug-likeness (QED) is 0.723. The van der Waals surface area contributed by atoms with Crippen molar-refractivity contribution in [3.05, 3.63) is 75.5 Å². The Morgan fingerprint density at radius 2 is 1.88 bits per heavy atom. The topological polar surface area (TPSA) is 86.6 Å². The van der Waals surface area contributed by atoms with Gasteiger partial charge in [0.25, 0.3) is 0 Å². The molecule has 0 saturated heterocycles. The normalized spacial score (nSPS) is 11.7. The fraction of sp³-hybridized carbons (Fsp3) is 0.111. The van der Waals surface area contributed by atoms with Crippen molar-refractivity contribution >= 4 is 22.9 Å². The SMILES string of the molecule is Cc1csc([C@@H](C#N)C(=O)c2ccc(C(=O)c3cc[nH]c3)cc2)n1. The van der Waals surface area contributed by atoms with Crippen LogP contribution in [-0.4, -0.2) is 21.5 Å². The van der Waals surface area contributed by atoms with E-state index in [1.54, 1.807) is 42.7 Å². The van der Waals surface area contributed by atoms with Gasteiger partial charge in [0.1, 0.15) is 5.01 Å². The average molecular weight is 335 g/mol. The van der Waals surface area contributed by atoms with Gasteiger partial charge >= 0.3 is 0 Å². The Kier molecular flexibility index (Phi) is 4.36. The number of aromatic amines is 1. The maximum atomic E-state index is 12.5. The number of rotatable bonds is 5. The lowest BCUT2D eigenvalue weighted by Crippen LogP contribution is -2.11. The van der Waals surface area contributed by atoms with Crippen LogP contribution in [0.4, 0.5) is 0 Å². The third kappa shape index (κ3) is 3.03. The van der Waals surface area contributed by atoms with E-state index in [1.165, 1.54) is 11.3 Å². The van der Waals surface area contributed by atoms with Crippen LogP contribution >= 0.6 is 11.3 Å². The van der Waals surface area contributed by atoms with Crippen LogP contribution in [0, 0.1) is 18.3 Å². The molecule has 0 aliphatic rings. The van der Waals surface area contributed by atoms with Gasteiger partial charge in [0.2, 0.25) is 0 Å². The summed E-state index contributed by atoms with van der Waals surface area (Å²) in [5, 5.41) is 11.6. The summed E-state index contributed by atoms with van der Waals surface area (Å²) in [5.74, 6) is -1.36. The van der Waals surface area contributed by atoms with E-state index in [2.05, 4.69) is 9.97 Å². The number of Topliss-reactive ketones (excluding diaryl/α,β-unsaturated/α-hetero) is 1. The number of ketones is 2. The predicted octanol–water partition coefficient (Wildman–Crippen LogP) is 3.50. The van der Waals surface area contributed by atoms with Gasteiger partial charge < -0.3 is 4.98 Å². The summed E-state index contributed by atoms with van der Waals surface area (Å²) in [6.07, 6.45) is 3.30. The molecule has 24 heavy (non-hydrogen) atoms. The number of aryl methyl sites for hydroxylation is 1. The van der Waals surface area contributed by atoms with Gasteiger partial charge in [0.05, 0.1) is 6.07 Å². The zero-order chi connectivity index (χ0) is 17.1. The number of hydrogen-bond donors (Lipinski definition) is 1. The van der Waals surface area contributed by atoms with E-state index in [-0.39, 0.29) is 11.6 Å². The van der Waals surface area contributed by atoms with Crippen LogP contribution in [0.2, 0.25) is 0 Å². The number of carbonyl (C=O) groups is 2. The molecule has 5 nitrogen and oxygen atoms in total. The van der Waals surface area contributed by atoms with Crippen molar-refractivity contribution in [1.29, 1.82) is 5.26 Å². The first-order valence-corrected chi connectivity index (χ1v) is 8.11. The molecule has 0 aliphatic heterocycles. The first-order chi connectivity index (χ1) is 11.6. The number of nitrogens with one attached hydrogen (secondary N) is 1. The van der Waals surface area contributed by atoms with Gasteiger partial charge in [-0.1, -0.05) is 24.3 Å².